The van der Waals surface area contributed by atoms with Gasteiger partial charge in [-0.2, -0.15) is 0 Å². The summed E-state index contributed by atoms with van der Waals surface area (Å²) in [4.78, 5) is 12.0. The smallest absolute Gasteiger partial charge is 0.192 e. The van der Waals surface area contributed by atoms with Crippen LogP contribution in [0.25, 0.3) is 0 Å². The zero-order valence-electron chi connectivity index (χ0n) is 11.0. The van der Waals surface area contributed by atoms with Crippen molar-refractivity contribution in [1.29, 1.82) is 0 Å². The van der Waals surface area contributed by atoms with Gasteiger partial charge in [0.05, 0.1) is 25.9 Å². The number of Topliss-reactive ketones (excluding diaryl/α,β-unsaturated/α-hetero) is 1. The van der Waals surface area contributed by atoms with Crippen molar-refractivity contribution in [1.82, 2.24) is 0 Å². The van der Waals surface area contributed by atoms with E-state index in [-0.39, 0.29) is 18.5 Å². The molecule has 0 aliphatic carbocycles. The molecule has 1 rings (SSSR count). The molecule has 1 aromatic rings. The lowest BCUT2D eigenvalue weighted by molar-refractivity contribution is 0.0582. The Kier molecular flexibility index (Phi) is 5.62. The van der Waals surface area contributed by atoms with Gasteiger partial charge < -0.3 is 14.2 Å². The molecule has 0 spiro atoms. The standard InChI is InChI=1S/C13H17BrO4/c1-8(2)18-7-10(15)9-5-6-11(16-3)12(14)13(9)17-4/h5-6,8H,7H2,1-4H3. The first-order chi connectivity index (χ1) is 8.51. The van der Waals surface area contributed by atoms with Crippen molar-refractivity contribution in [2.75, 3.05) is 20.8 Å². The quantitative estimate of drug-likeness (QED) is 0.757. The van der Waals surface area contributed by atoms with Gasteiger partial charge in [-0.15, -0.1) is 0 Å². The summed E-state index contributed by atoms with van der Waals surface area (Å²) in [6.07, 6.45) is 0.0154. The monoisotopic (exact) mass is 316 g/mol. The molecule has 0 unspecified atom stereocenters. The first kappa shape index (κ1) is 15.0. The highest BCUT2D eigenvalue weighted by Crippen LogP contribution is 2.37. The van der Waals surface area contributed by atoms with Crippen LogP contribution < -0.4 is 9.47 Å². The number of hydrogen-bond donors (Lipinski definition) is 0. The number of benzene rings is 1. The van der Waals surface area contributed by atoms with Gasteiger partial charge in [-0.3, -0.25) is 4.79 Å². The molecule has 0 heterocycles. The second kappa shape index (κ2) is 6.75. The summed E-state index contributed by atoms with van der Waals surface area (Å²) < 4.78 is 16.3. The van der Waals surface area contributed by atoms with Gasteiger partial charge >= 0.3 is 0 Å². The van der Waals surface area contributed by atoms with Crippen molar-refractivity contribution >= 4 is 21.7 Å². The summed E-state index contributed by atoms with van der Waals surface area (Å²) in [6.45, 7) is 3.80. The van der Waals surface area contributed by atoms with Gasteiger partial charge in [0.15, 0.2) is 5.78 Å². The third-order valence-electron chi connectivity index (χ3n) is 2.33. The van der Waals surface area contributed by atoms with Gasteiger partial charge in [0, 0.05) is 0 Å². The predicted octanol–water partition coefficient (Wildman–Crippen LogP) is 3.07. The van der Waals surface area contributed by atoms with E-state index in [4.69, 9.17) is 14.2 Å². The van der Waals surface area contributed by atoms with Crippen molar-refractivity contribution in [2.45, 2.75) is 20.0 Å². The van der Waals surface area contributed by atoms with E-state index in [2.05, 4.69) is 15.9 Å². The number of ether oxygens (including phenoxy) is 3. The molecule has 0 saturated carbocycles. The van der Waals surface area contributed by atoms with Crippen molar-refractivity contribution in [2.24, 2.45) is 0 Å². The Morgan fingerprint density at radius 1 is 1.28 bits per heavy atom. The van der Waals surface area contributed by atoms with Gasteiger partial charge in [0.25, 0.3) is 0 Å². The summed E-state index contributed by atoms with van der Waals surface area (Å²) in [5, 5.41) is 0. The molecule has 0 saturated heterocycles. The highest BCUT2D eigenvalue weighted by atomic mass is 79.9. The average Bonchev–Trinajstić information content (AvgIpc) is 2.35. The van der Waals surface area contributed by atoms with E-state index in [0.29, 0.717) is 21.5 Å². The second-order valence-electron chi connectivity index (χ2n) is 3.95. The SMILES string of the molecule is COc1ccc(C(=O)COC(C)C)c(OC)c1Br. The molecule has 4 nitrogen and oxygen atoms in total. The summed E-state index contributed by atoms with van der Waals surface area (Å²) in [6, 6.07) is 3.39. The van der Waals surface area contributed by atoms with E-state index < -0.39 is 0 Å². The first-order valence-corrected chi connectivity index (χ1v) is 6.35. The molecule has 18 heavy (non-hydrogen) atoms. The number of carbonyl (C=O) groups is 1. The Labute approximate surface area is 115 Å². The van der Waals surface area contributed by atoms with Crippen LogP contribution in [0.15, 0.2) is 16.6 Å². The van der Waals surface area contributed by atoms with Crippen LogP contribution in [0.1, 0.15) is 24.2 Å². The Morgan fingerprint density at radius 2 is 1.94 bits per heavy atom. The number of carbonyl (C=O) groups excluding carboxylic acids is 1. The molecule has 0 amide bonds. The fourth-order valence-electron chi connectivity index (χ4n) is 1.43. The maximum absolute atomic E-state index is 12.0. The Hall–Kier alpha value is -1.07. The van der Waals surface area contributed by atoms with Crippen LogP contribution in [-0.2, 0) is 4.74 Å². The molecule has 0 atom stereocenters. The zero-order valence-corrected chi connectivity index (χ0v) is 12.5. The number of methoxy groups -OCH3 is 2. The largest absolute Gasteiger partial charge is 0.495 e. The van der Waals surface area contributed by atoms with Gasteiger partial charge in [-0.25, -0.2) is 0 Å². The van der Waals surface area contributed by atoms with E-state index in [9.17, 15) is 4.79 Å². The normalized spacial score (nSPS) is 10.6. The average molecular weight is 317 g/mol. The highest BCUT2D eigenvalue weighted by molar-refractivity contribution is 9.10. The van der Waals surface area contributed by atoms with Crippen molar-refractivity contribution in [3.63, 3.8) is 0 Å². The van der Waals surface area contributed by atoms with Crippen LogP contribution in [0.5, 0.6) is 11.5 Å². The molecule has 0 fully saturated rings. The lowest BCUT2D eigenvalue weighted by Crippen LogP contribution is -2.14. The fourth-order valence-corrected chi connectivity index (χ4v) is 2.10. The Morgan fingerprint density at radius 3 is 2.44 bits per heavy atom. The van der Waals surface area contributed by atoms with Crippen LogP contribution in [0, 0.1) is 0 Å². The minimum atomic E-state index is -0.121. The van der Waals surface area contributed by atoms with Crippen LogP contribution in [0.2, 0.25) is 0 Å². The predicted molar refractivity (Wildman–Crippen MR) is 72.7 cm³/mol. The molecule has 0 aliphatic rings. The van der Waals surface area contributed by atoms with Crippen molar-refractivity contribution < 1.29 is 19.0 Å². The minimum absolute atomic E-state index is 0.0154. The van der Waals surface area contributed by atoms with E-state index in [1.807, 2.05) is 13.8 Å². The van der Waals surface area contributed by atoms with Gasteiger partial charge in [-0.1, -0.05) is 0 Å². The van der Waals surface area contributed by atoms with Crippen LogP contribution >= 0.6 is 15.9 Å². The molecular weight excluding hydrogens is 300 g/mol. The maximum atomic E-state index is 12.0. The summed E-state index contributed by atoms with van der Waals surface area (Å²) in [5.41, 5.74) is 0.478. The zero-order chi connectivity index (χ0) is 13.7. The van der Waals surface area contributed by atoms with Gasteiger partial charge in [-0.05, 0) is 41.9 Å². The fraction of sp³-hybridized carbons (Fsp3) is 0.462. The number of rotatable bonds is 6. The molecule has 0 aliphatic heterocycles. The summed E-state index contributed by atoms with van der Waals surface area (Å²) in [7, 11) is 3.07. The lowest BCUT2D eigenvalue weighted by Gasteiger charge is -2.13. The first-order valence-electron chi connectivity index (χ1n) is 5.56. The highest BCUT2D eigenvalue weighted by Gasteiger charge is 2.18. The summed E-state index contributed by atoms with van der Waals surface area (Å²) in [5.74, 6) is 0.962. The number of hydrogen-bond acceptors (Lipinski definition) is 4. The Balaban J connectivity index is 3.02. The van der Waals surface area contributed by atoms with E-state index >= 15 is 0 Å². The molecule has 0 radical (unpaired) electrons. The van der Waals surface area contributed by atoms with Gasteiger partial charge in [0.1, 0.15) is 22.6 Å². The molecule has 100 valence electrons. The van der Waals surface area contributed by atoms with E-state index in [0.717, 1.165) is 0 Å². The summed E-state index contributed by atoms with van der Waals surface area (Å²) >= 11 is 3.36. The van der Waals surface area contributed by atoms with Crippen LogP contribution in [0.4, 0.5) is 0 Å². The molecule has 0 bridgehead atoms. The van der Waals surface area contributed by atoms with Crippen LogP contribution in [-0.4, -0.2) is 32.7 Å². The second-order valence-corrected chi connectivity index (χ2v) is 4.74. The van der Waals surface area contributed by atoms with E-state index in [1.165, 1.54) is 7.11 Å². The number of ketones is 1. The van der Waals surface area contributed by atoms with Gasteiger partial charge in [0.2, 0.25) is 0 Å². The molecule has 1 aromatic carbocycles. The molecular formula is C13H17BrO4. The minimum Gasteiger partial charge on any atom is -0.495 e. The molecule has 0 aromatic heterocycles. The third-order valence-corrected chi connectivity index (χ3v) is 3.08. The van der Waals surface area contributed by atoms with Crippen molar-refractivity contribution in [3.05, 3.63) is 22.2 Å². The maximum Gasteiger partial charge on any atom is 0.192 e. The lowest BCUT2D eigenvalue weighted by atomic mass is 10.1. The Bertz CT molecular complexity index is 429. The topological polar surface area (TPSA) is 44.8 Å². The van der Waals surface area contributed by atoms with Crippen molar-refractivity contribution in [3.8, 4) is 11.5 Å². The third kappa shape index (κ3) is 3.46. The number of halogens is 1. The molecule has 0 N–H and O–H groups in total. The molecule has 5 heteroatoms. The van der Waals surface area contributed by atoms with Crippen LogP contribution in [0.3, 0.4) is 0 Å². The van der Waals surface area contributed by atoms with E-state index in [1.54, 1.807) is 19.2 Å².